The van der Waals surface area contributed by atoms with Crippen LogP contribution in [0.3, 0.4) is 0 Å². The number of anilines is 2. The number of amides is 1. The predicted octanol–water partition coefficient (Wildman–Crippen LogP) is 5.60. The fraction of sp³-hybridized carbons (Fsp3) is 0.308. The molecule has 0 saturated heterocycles. The molecule has 0 spiro atoms. The van der Waals surface area contributed by atoms with E-state index in [0.29, 0.717) is 10.6 Å². The number of benzene rings is 2. The second-order valence-corrected chi connectivity index (χ2v) is 11.8. The van der Waals surface area contributed by atoms with Gasteiger partial charge in [-0.25, -0.2) is 13.2 Å². The van der Waals surface area contributed by atoms with E-state index in [0.717, 1.165) is 46.0 Å². The molecule has 10 heteroatoms. The quantitative estimate of drug-likeness (QED) is 0.371. The lowest BCUT2D eigenvalue weighted by Gasteiger charge is -2.25. The van der Waals surface area contributed by atoms with Gasteiger partial charge in [0.1, 0.15) is 11.5 Å². The van der Waals surface area contributed by atoms with Crippen molar-refractivity contribution in [3.05, 3.63) is 75.1 Å². The maximum Gasteiger partial charge on any atom is 0.341 e. The number of ether oxygens (including phenoxy) is 1. The Morgan fingerprint density at radius 3 is 2.47 bits per heavy atom. The summed E-state index contributed by atoms with van der Waals surface area (Å²) in [4.78, 5) is 27.1. The monoisotopic (exact) mass is 546 g/mol. The smallest absolute Gasteiger partial charge is 0.341 e. The Morgan fingerprint density at radius 2 is 1.78 bits per heavy atom. The van der Waals surface area contributed by atoms with E-state index in [2.05, 4.69) is 5.32 Å². The number of nitrogens with zero attached hydrogens (tertiary/aromatic N) is 1. The second-order valence-electron chi connectivity index (χ2n) is 8.46. The fourth-order valence-electron chi connectivity index (χ4n) is 4.16. The van der Waals surface area contributed by atoms with Crippen molar-refractivity contribution in [2.45, 2.75) is 44.4 Å². The molecule has 0 fully saturated rings. The Hall–Kier alpha value is -2.88. The van der Waals surface area contributed by atoms with Crippen molar-refractivity contribution >= 4 is 55.5 Å². The van der Waals surface area contributed by atoms with E-state index in [1.807, 2.05) is 6.92 Å². The first-order chi connectivity index (χ1) is 17.2. The molecule has 2 aromatic carbocycles. The van der Waals surface area contributed by atoms with Gasteiger partial charge in [-0.05, 0) is 69.4 Å². The Kier molecular flexibility index (Phi) is 8.02. The molecular formula is C26H27ClN2O5S2. The van der Waals surface area contributed by atoms with Crippen molar-refractivity contribution in [2.75, 3.05) is 22.8 Å². The number of aryl methyl sites for hydroxylation is 2. The maximum atomic E-state index is 13.6. The number of fused-ring (bicyclic) bond motifs is 1. The zero-order valence-electron chi connectivity index (χ0n) is 20.0. The third-order valence-corrected chi connectivity index (χ3v) is 9.22. The first-order valence-electron chi connectivity index (χ1n) is 11.7. The molecule has 4 rings (SSSR count). The van der Waals surface area contributed by atoms with Gasteiger partial charge in [-0.3, -0.25) is 9.10 Å². The lowest BCUT2D eigenvalue weighted by Crippen LogP contribution is -2.38. The van der Waals surface area contributed by atoms with E-state index in [-0.39, 0.29) is 22.2 Å². The van der Waals surface area contributed by atoms with E-state index in [1.54, 1.807) is 43.3 Å². The molecule has 0 atom stereocenters. The van der Waals surface area contributed by atoms with Crippen molar-refractivity contribution in [1.29, 1.82) is 0 Å². The van der Waals surface area contributed by atoms with Crippen LogP contribution >= 0.6 is 22.9 Å². The summed E-state index contributed by atoms with van der Waals surface area (Å²) in [6, 6.07) is 12.8. The molecule has 190 valence electrons. The summed E-state index contributed by atoms with van der Waals surface area (Å²) in [7, 11) is -4.12. The summed E-state index contributed by atoms with van der Waals surface area (Å²) in [5, 5.41) is 3.37. The van der Waals surface area contributed by atoms with Gasteiger partial charge in [0, 0.05) is 4.88 Å². The van der Waals surface area contributed by atoms with Crippen molar-refractivity contribution in [3.8, 4) is 0 Å². The number of halogens is 1. The Labute approximate surface area is 220 Å². The minimum Gasteiger partial charge on any atom is -0.462 e. The molecule has 1 heterocycles. The van der Waals surface area contributed by atoms with Crippen LogP contribution in [0.4, 0.5) is 10.7 Å². The van der Waals surface area contributed by atoms with Gasteiger partial charge in [0.25, 0.3) is 10.0 Å². The van der Waals surface area contributed by atoms with Gasteiger partial charge >= 0.3 is 5.97 Å². The van der Waals surface area contributed by atoms with Gasteiger partial charge < -0.3 is 10.1 Å². The third-order valence-electron chi connectivity index (χ3n) is 5.92. The summed E-state index contributed by atoms with van der Waals surface area (Å²) in [5.41, 5.74) is 2.38. The van der Waals surface area contributed by atoms with Gasteiger partial charge in [0.15, 0.2) is 0 Å². The van der Waals surface area contributed by atoms with Crippen molar-refractivity contribution < 1.29 is 22.7 Å². The number of rotatable bonds is 8. The van der Waals surface area contributed by atoms with Crippen molar-refractivity contribution in [3.63, 3.8) is 0 Å². The highest BCUT2D eigenvalue weighted by Gasteiger charge is 2.31. The zero-order valence-corrected chi connectivity index (χ0v) is 22.4. The van der Waals surface area contributed by atoms with Crippen molar-refractivity contribution in [2.24, 2.45) is 0 Å². The molecular weight excluding hydrogens is 520 g/mol. The third kappa shape index (κ3) is 5.43. The first kappa shape index (κ1) is 26.2. The summed E-state index contributed by atoms with van der Waals surface area (Å²) in [5.74, 6) is -1.07. The zero-order chi connectivity index (χ0) is 25.9. The number of thiophene rings is 1. The van der Waals surface area contributed by atoms with Crippen LogP contribution in [0.15, 0.2) is 53.4 Å². The minimum absolute atomic E-state index is 0.0413. The molecule has 1 aliphatic carbocycles. The van der Waals surface area contributed by atoms with Crippen LogP contribution in [-0.2, 0) is 32.4 Å². The Balaban J connectivity index is 1.68. The molecule has 0 bridgehead atoms. The van der Waals surface area contributed by atoms with Crippen LogP contribution in [0.2, 0.25) is 5.02 Å². The number of para-hydroxylation sites is 1. The summed E-state index contributed by atoms with van der Waals surface area (Å²) < 4.78 is 33.5. The predicted molar refractivity (Wildman–Crippen MR) is 143 cm³/mol. The lowest BCUT2D eigenvalue weighted by molar-refractivity contribution is -0.114. The van der Waals surface area contributed by atoms with E-state index < -0.39 is 28.4 Å². The molecule has 0 unspecified atom stereocenters. The van der Waals surface area contributed by atoms with Crippen LogP contribution in [0, 0.1) is 6.92 Å². The Bertz CT molecular complexity index is 1380. The van der Waals surface area contributed by atoms with Crippen LogP contribution in [-0.4, -0.2) is 33.4 Å². The minimum atomic E-state index is -4.12. The molecule has 0 radical (unpaired) electrons. The molecule has 1 aromatic heterocycles. The molecule has 1 aliphatic rings. The number of hydrogen-bond acceptors (Lipinski definition) is 6. The molecule has 1 amide bonds. The molecule has 1 N–H and O–H groups in total. The number of carbonyl (C=O) groups is 2. The standard InChI is InChI=1S/C26H27ClN2O5S2/c1-3-34-26(31)24-19-8-4-7-11-22(19)35-25(24)28-23(30)16-29(21-10-6-5-9-20(21)27)36(32,33)18-14-12-17(2)13-15-18/h5-6,9-10,12-15H,3-4,7-8,11,16H2,1-2H3,(H,28,30). The normalized spacial score (nSPS) is 13.1. The van der Waals surface area contributed by atoms with Gasteiger partial charge in [0.05, 0.1) is 27.8 Å². The molecule has 7 nitrogen and oxygen atoms in total. The molecule has 3 aromatic rings. The first-order valence-corrected chi connectivity index (χ1v) is 14.3. The highest BCUT2D eigenvalue weighted by molar-refractivity contribution is 7.92. The van der Waals surface area contributed by atoms with Crippen molar-refractivity contribution in [1.82, 2.24) is 0 Å². The summed E-state index contributed by atoms with van der Waals surface area (Å²) in [6.07, 6.45) is 3.54. The van der Waals surface area contributed by atoms with Gasteiger partial charge in [-0.2, -0.15) is 0 Å². The maximum absolute atomic E-state index is 13.6. The number of esters is 1. The molecule has 0 aliphatic heterocycles. The van der Waals surface area contributed by atoms with E-state index >= 15 is 0 Å². The van der Waals surface area contributed by atoms with E-state index in [4.69, 9.17) is 16.3 Å². The summed E-state index contributed by atoms with van der Waals surface area (Å²) >= 11 is 7.70. The van der Waals surface area contributed by atoms with Crippen LogP contribution in [0.25, 0.3) is 0 Å². The SMILES string of the molecule is CCOC(=O)c1c(NC(=O)CN(c2ccccc2Cl)S(=O)(=O)c2ccc(C)cc2)sc2c1CCCC2. The largest absolute Gasteiger partial charge is 0.462 e. The number of nitrogens with one attached hydrogen (secondary N) is 1. The Morgan fingerprint density at radius 1 is 1.08 bits per heavy atom. The highest BCUT2D eigenvalue weighted by atomic mass is 35.5. The molecule has 36 heavy (non-hydrogen) atoms. The average Bonchev–Trinajstić information content (AvgIpc) is 3.21. The van der Waals surface area contributed by atoms with E-state index in [1.165, 1.54) is 23.5 Å². The number of sulfonamides is 1. The fourth-order valence-corrected chi connectivity index (χ4v) is 7.18. The van der Waals surface area contributed by atoms with Crippen LogP contribution in [0.1, 0.15) is 46.1 Å². The molecule has 0 saturated carbocycles. The highest BCUT2D eigenvalue weighted by Crippen LogP contribution is 2.39. The number of carbonyl (C=O) groups excluding carboxylic acids is 2. The second kappa shape index (κ2) is 11.0. The van der Waals surface area contributed by atoms with Gasteiger partial charge in [0.2, 0.25) is 5.91 Å². The van der Waals surface area contributed by atoms with Gasteiger partial charge in [-0.1, -0.05) is 41.4 Å². The average molecular weight is 547 g/mol. The van der Waals surface area contributed by atoms with Crippen LogP contribution in [0.5, 0.6) is 0 Å². The summed E-state index contributed by atoms with van der Waals surface area (Å²) in [6.45, 7) is 3.28. The number of hydrogen-bond donors (Lipinski definition) is 1. The van der Waals surface area contributed by atoms with Gasteiger partial charge in [-0.15, -0.1) is 11.3 Å². The van der Waals surface area contributed by atoms with E-state index in [9.17, 15) is 18.0 Å². The lowest BCUT2D eigenvalue weighted by atomic mass is 9.95. The topological polar surface area (TPSA) is 92.8 Å². The van der Waals surface area contributed by atoms with Crippen LogP contribution < -0.4 is 9.62 Å².